The molecule has 128 valence electrons. The third-order valence-corrected chi connectivity index (χ3v) is 5.10. The van der Waals surface area contributed by atoms with Gasteiger partial charge in [-0.1, -0.05) is 24.3 Å². The highest BCUT2D eigenvalue weighted by molar-refractivity contribution is 7.08. The molecule has 0 spiro atoms. The van der Waals surface area contributed by atoms with Crippen molar-refractivity contribution in [2.75, 3.05) is 18.5 Å². The number of urea groups is 1. The van der Waals surface area contributed by atoms with Crippen molar-refractivity contribution in [2.45, 2.75) is 32.0 Å². The van der Waals surface area contributed by atoms with E-state index in [2.05, 4.69) is 21.6 Å². The van der Waals surface area contributed by atoms with E-state index in [1.165, 1.54) is 5.56 Å². The number of amides is 2. The Morgan fingerprint density at radius 3 is 2.88 bits per heavy atom. The number of rotatable bonds is 6. The summed E-state index contributed by atoms with van der Waals surface area (Å²) in [5, 5.41) is 19.0. The second kappa shape index (κ2) is 8.28. The van der Waals surface area contributed by atoms with Gasteiger partial charge in [-0.3, -0.25) is 4.90 Å². The molecule has 0 radical (unpaired) electrons. The first-order valence-electron chi connectivity index (χ1n) is 8.25. The first kappa shape index (κ1) is 17.0. The van der Waals surface area contributed by atoms with Gasteiger partial charge in [-0.05, 0) is 42.0 Å². The average Bonchev–Trinajstić information content (AvgIpc) is 3.25. The van der Waals surface area contributed by atoms with Gasteiger partial charge < -0.3 is 15.7 Å². The minimum atomic E-state index is -0.197. The maximum absolute atomic E-state index is 12.0. The van der Waals surface area contributed by atoms with Crippen molar-refractivity contribution in [1.29, 1.82) is 0 Å². The van der Waals surface area contributed by atoms with E-state index in [9.17, 15) is 9.90 Å². The fourth-order valence-electron chi connectivity index (χ4n) is 3.10. The van der Waals surface area contributed by atoms with Crippen LogP contribution in [0, 0.1) is 0 Å². The number of hydrogen-bond acceptors (Lipinski definition) is 4. The molecule has 1 fully saturated rings. The molecule has 1 aromatic heterocycles. The molecule has 3 N–H and O–H groups in total. The summed E-state index contributed by atoms with van der Waals surface area (Å²) in [6.07, 6.45) is 2.19. The van der Waals surface area contributed by atoms with Crippen molar-refractivity contribution in [3.63, 3.8) is 0 Å². The minimum absolute atomic E-state index is 0.197. The average molecular weight is 345 g/mol. The summed E-state index contributed by atoms with van der Waals surface area (Å²) < 4.78 is 0. The summed E-state index contributed by atoms with van der Waals surface area (Å²) in [6.45, 7) is 2.54. The second-order valence-corrected chi connectivity index (χ2v) is 6.82. The van der Waals surface area contributed by atoms with E-state index in [-0.39, 0.29) is 18.7 Å². The first-order valence-corrected chi connectivity index (χ1v) is 9.19. The van der Waals surface area contributed by atoms with Crippen molar-refractivity contribution < 1.29 is 9.90 Å². The summed E-state index contributed by atoms with van der Waals surface area (Å²) in [5.41, 5.74) is 3.13. The third kappa shape index (κ3) is 4.35. The number of anilines is 1. The largest absolute Gasteiger partial charge is 0.395 e. The van der Waals surface area contributed by atoms with E-state index in [4.69, 9.17) is 0 Å². The van der Waals surface area contributed by atoms with Gasteiger partial charge in [-0.25, -0.2) is 4.79 Å². The molecule has 0 bridgehead atoms. The minimum Gasteiger partial charge on any atom is -0.395 e. The fourth-order valence-corrected chi connectivity index (χ4v) is 3.69. The highest BCUT2D eigenvalue weighted by Gasteiger charge is 2.24. The Labute approximate surface area is 146 Å². The highest BCUT2D eigenvalue weighted by atomic mass is 32.1. The van der Waals surface area contributed by atoms with Crippen LogP contribution in [-0.2, 0) is 13.1 Å². The van der Waals surface area contributed by atoms with Crippen LogP contribution in [0.15, 0.2) is 41.1 Å². The predicted octanol–water partition coefficient (Wildman–Crippen LogP) is 3.03. The Morgan fingerprint density at radius 2 is 2.12 bits per heavy atom. The lowest BCUT2D eigenvalue weighted by molar-refractivity contribution is 0.153. The van der Waals surface area contributed by atoms with E-state index in [0.29, 0.717) is 6.54 Å². The molecule has 1 aliphatic heterocycles. The monoisotopic (exact) mass is 345 g/mol. The molecule has 6 heteroatoms. The molecule has 24 heavy (non-hydrogen) atoms. The molecule has 5 nitrogen and oxygen atoms in total. The number of thiophene rings is 1. The Balaban J connectivity index is 1.58. The molecule has 2 aromatic rings. The van der Waals surface area contributed by atoms with Crippen molar-refractivity contribution in [3.05, 3.63) is 52.2 Å². The van der Waals surface area contributed by atoms with Gasteiger partial charge in [0.1, 0.15) is 0 Å². The zero-order valence-electron chi connectivity index (χ0n) is 13.6. The number of likely N-dealkylation sites (tertiary alicyclic amines) is 1. The maximum Gasteiger partial charge on any atom is 0.319 e. The molecule has 1 aromatic carbocycles. The van der Waals surface area contributed by atoms with Crippen LogP contribution in [0.3, 0.4) is 0 Å². The number of carbonyl (C=O) groups excluding carboxylic acids is 1. The molecular formula is C18H23N3O2S. The van der Waals surface area contributed by atoms with Gasteiger partial charge in [0.05, 0.1) is 12.3 Å². The van der Waals surface area contributed by atoms with Gasteiger partial charge in [-0.2, -0.15) is 11.3 Å². The number of benzene rings is 1. The highest BCUT2D eigenvalue weighted by Crippen LogP contribution is 2.21. The van der Waals surface area contributed by atoms with Crippen LogP contribution in [0.5, 0.6) is 0 Å². The standard InChI is InChI=1S/C18H23N3O2S/c22-12-17-6-3-8-21(17)11-15-5-2-1-4-14(15)10-19-18(23)20-16-7-9-24-13-16/h1-2,4-5,7,9,13,17,22H,3,6,8,10-12H2,(H2,19,20,23)/t17-/m1/s1. The maximum atomic E-state index is 12.0. The van der Waals surface area contributed by atoms with Crippen LogP contribution in [0.25, 0.3) is 0 Å². The normalized spacial score (nSPS) is 17.8. The van der Waals surface area contributed by atoms with Crippen molar-refractivity contribution in [3.8, 4) is 0 Å². The van der Waals surface area contributed by atoms with Crippen LogP contribution in [0.4, 0.5) is 10.5 Å². The lowest BCUT2D eigenvalue weighted by Crippen LogP contribution is -2.32. The van der Waals surface area contributed by atoms with E-state index < -0.39 is 0 Å². The molecule has 0 aliphatic carbocycles. The van der Waals surface area contributed by atoms with E-state index in [1.54, 1.807) is 11.3 Å². The van der Waals surface area contributed by atoms with Gasteiger partial charge in [0.2, 0.25) is 0 Å². The summed E-state index contributed by atoms with van der Waals surface area (Å²) in [5.74, 6) is 0. The number of nitrogens with one attached hydrogen (secondary N) is 2. The summed E-state index contributed by atoms with van der Waals surface area (Å²) in [4.78, 5) is 14.3. The zero-order valence-corrected chi connectivity index (χ0v) is 14.4. The number of carbonyl (C=O) groups is 1. The van der Waals surface area contributed by atoms with Crippen LogP contribution >= 0.6 is 11.3 Å². The van der Waals surface area contributed by atoms with Gasteiger partial charge in [0.25, 0.3) is 0 Å². The van der Waals surface area contributed by atoms with Crippen molar-refractivity contribution in [1.82, 2.24) is 10.2 Å². The SMILES string of the molecule is O=C(NCc1ccccc1CN1CCC[C@@H]1CO)Nc1ccsc1. The third-order valence-electron chi connectivity index (χ3n) is 4.42. The van der Waals surface area contributed by atoms with Crippen LogP contribution < -0.4 is 10.6 Å². The number of aliphatic hydroxyl groups excluding tert-OH is 1. The van der Waals surface area contributed by atoms with Crippen molar-refractivity contribution >= 4 is 23.1 Å². The Hall–Kier alpha value is -1.89. The smallest absolute Gasteiger partial charge is 0.319 e. The summed E-state index contributed by atoms with van der Waals surface area (Å²) in [6, 6.07) is 10.1. The molecule has 0 unspecified atom stereocenters. The number of nitrogens with zero attached hydrogens (tertiary/aromatic N) is 1. The molecule has 2 heterocycles. The van der Waals surface area contributed by atoms with Gasteiger partial charge >= 0.3 is 6.03 Å². The lowest BCUT2D eigenvalue weighted by atomic mass is 10.1. The Kier molecular flexibility index (Phi) is 5.85. The fraction of sp³-hybridized carbons (Fsp3) is 0.389. The molecule has 1 aliphatic rings. The number of hydrogen-bond donors (Lipinski definition) is 3. The second-order valence-electron chi connectivity index (χ2n) is 6.04. The summed E-state index contributed by atoms with van der Waals surface area (Å²) >= 11 is 1.55. The van der Waals surface area contributed by atoms with Crippen LogP contribution in [-0.4, -0.2) is 35.2 Å². The van der Waals surface area contributed by atoms with Gasteiger partial charge in [-0.15, -0.1) is 0 Å². The molecule has 1 atom stereocenters. The molecule has 3 rings (SSSR count). The predicted molar refractivity (Wildman–Crippen MR) is 97.1 cm³/mol. The van der Waals surface area contributed by atoms with Crippen LogP contribution in [0.1, 0.15) is 24.0 Å². The topological polar surface area (TPSA) is 64.6 Å². The van der Waals surface area contributed by atoms with Gasteiger partial charge in [0, 0.05) is 24.5 Å². The quantitative estimate of drug-likeness (QED) is 0.754. The van der Waals surface area contributed by atoms with E-state index >= 15 is 0 Å². The Bertz CT molecular complexity index is 660. The first-order chi connectivity index (χ1) is 11.8. The molecular weight excluding hydrogens is 322 g/mol. The molecule has 1 saturated heterocycles. The molecule has 0 saturated carbocycles. The summed E-state index contributed by atoms with van der Waals surface area (Å²) in [7, 11) is 0. The Morgan fingerprint density at radius 1 is 1.29 bits per heavy atom. The lowest BCUT2D eigenvalue weighted by Gasteiger charge is -2.24. The van der Waals surface area contributed by atoms with E-state index in [1.807, 2.05) is 35.0 Å². The van der Waals surface area contributed by atoms with Gasteiger partial charge in [0.15, 0.2) is 0 Å². The van der Waals surface area contributed by atoms with Crippen LogP contribution in [0.2, 0.25) is 0 Å². The number of aliphatic hydroxyl groups is 1. The zero-order chi connectivity index (χ0) is 16.8. The molecule has 2 amide bonds. The van der Waals surface area contributed by atoms with Crippen molar-refractivity contribution in [2.24, 2.45) is 0 Å². The van der Waals surface area contributed by atoms with E-state index in [0.717, 1.165) is 37.2 Å².